The molecular formula is C24H25F3N4O3. The Balaban J connectivity index is 1.57. The number of nitriles is 1. The van der Waals surface area contributed by atoms with Crippen molar-refractivity contribution in [2.45, 2.75) is 19.0 Å². The minimum atomic E-state index is -4.62. The van der Waals surface area contributed by atoms with Gasteiger partial charge >= 0.3 is 6.18 Å². The van der Waals surface area contributed by atoms with Gasteiger partial charge in [0.25, 0.3) is 5.91 Å². The summed E-state index contributed by atoms with van der Waals surface area (Å²) in [5, 5.41) is 9.05. The average Bonchev–Trinajstić information content (AvgIpc) is 3.46. The van der Waals surface area contributed by atoms with Gasteiger partial charge in [0, 0.05) is 51.4 Å². The van der Waals surface area contributed by atoms with Crippen LogP contribution in [0.1, 0.15) is 34.3 Å². The normalized spacial score (nSPS) is 19.8. The molecule has 2 aliphatic rings. The number of carbonyl (C=O) groups excluding carboxylic acids is 2. The number of benzene rings is 1. The summed E-state index contributed by atoms with van der Waals surface area (Å²) in [6.45, 7) is 1.56. The minimum absolute atomic E-state index is 0.0614. The second kappa shape index (κ2) is 8.70. The number of alkyl halides is 3. The van der Waals surface area contributed by atoms with Gasteiger partial charge in [0.15, 0.2) is 0 Å². The van der Waals surface area contributed by atoms with Crippen LogP contribution in [0, 0.1) is 22.7 Å². The number of nitrogens with zero attached hydrogens (tertiary/aromatic N) is 4. The Hall–Kier alpha value is -3.48. The van der Waals surface area contributed by atoms with Crippen LogP contribution in [0.25, 0.3) is 0 Å². The molecule has 1 atom stereocenters. The van der Waals surface area contributed by atoms with Crippen molar-refractivity contribution in [1.29, 1.82) is 5.26 Å². The zero-order valence-electron chi connectivity index (χ0n) is 18.9. The highest BCUT2D eigenvalue weighted by Gasteiger charge is 2.53. The van der Waals surface area contributed by atoms with E-state index in [4.69, 9.17) is 9.68 Å². The Bertz CT molecular complexity index is 1110. The molecule has 7 nitrogen and oxygen atoms in total. The number of hydrogen-bond donors (Lipinski definition) is 0. The lowest BCUT2D eigenvalue weighted by atomic mass is 9.70. The van der Waals surface area contributed by atoms with E-state index in [0.29, 0.717) is 43.7 Å². The predicted octanol–water partition coefficient (Wildman–Crippen LogP) is 3.62. The van der Waals surface area contributed by atoms with E-state index in [1.165, 1.54) is 29.6 Å². The van der Waals surface area contributed by atoms with E-state index in [2.05, 4.69) is 0 Å². The van der Waals surface area contributed by atoms with Crippen LogP contribution in [-0.4, -0.2) is 61.9 Å². The Kier molecular flexibility index (Phi) is 6.06. The van der Waals surface area contributed by atoms with Gasteiger partial charge < -0.3 is 19.1 Å². The standard InChI is InChI=1S/C24H25F3N4O3/c1-29(2)22(33)20-13-31(21(32)17-5-10-34-14-17)15-23(20)6-8-30(9-7-23)18-4-3-16(12-28)19(11-18)24(25,26)27/h3-5,10-11,14,20H,6-9,13,15H2,1-2H3. The van der Waals surface area contributed by atoms with Crippen molar-refractivity contribution in [3.63, 3.8) is 0 Å². The molecule has 2 saturated heterocycles. The highest BCUT2D eigenvalue weighted by Crippen LogP contribution is 2.47. The second-order valence-corrected chi connectivity index (χ2v) is 9.17. The fourth-order valence-corrected chi connectivity index (χ4v) is 5.12. The van der Waals surface area contributed by atoms with Crippen LogP contribution in [0.2, 0.25) is 0 Å². The number of halogens is 3. The maximum atomic E-state index is 13.4. The predicted molar refractivity (Wildman–Crippen MR) is 117 cm³/mol. The lowest BCUT2D eigenvalue weighted by Crippen LogP contribution is -2.48. The molecule has 0 N–H and O–H groups in total. The largest absolute Gasteiger partial charge is 0.472 e. The molecule has 1 unspecified atom stereocenters. The zero-order chi connectivity index (χ0) is 24.7. The fraction of sp³-hybridized carbons (Fsp3) is 0.458. The summed E-state index contributed by atoms with van der Waals surface area (Å²) in [6.07, 6.45) is -0.725. The smallest absolute Gasteiger partial charge is 0.417 e. The fourth-order valence-electron chi connectivity index (χ4n) is 5.12. The topological polar surface area (TPSA) is 80.8 Å². The van der Waals surface area contributed by atoms with Crippen molar-refractivity contribution >= 4 is 17.5 Å². The molecule has 34 heavy (non-hydrogen) atoms. The van der Waals surface area contributed by atoms with Gasteiger partial charge in [-0.15, -0.1) is 0 Å². The van der Waals surface area contributed by atoms with Crippen molar-refractivity contribution in [1.82, 2.24) is 9.80 Å². The third-order valence-electron chi connectivity index (χ3n) is 7.00. The number of carbonyl (C=O) groups is 2. The molecule has 10 heteroatoms. The quantitative estimate of drug-likeness (QED) is 0.679. The molecule has 1 aromatic carbocycles. The van der Waals surface area contributed by atoms with Gasteiger partial charge in [0.1, 0.15) is 6.26 Å². The van der Waals surface area contributed by atoms with Crippen LogP contribution >= 0.6 is 0 Å². The molecule has 2 amide bonds. The first-order valence-electron chi connectivity index (χ1n) is 10.9. The molecule has 1 spiro atoms. The number of amides is 2. The van der Waals surface area contributed by atoms with Crippen LogP contribution in [0.4, 0.5) is 18.9 Å². The SMILES string of the molecule is CN(C)C(=O)C1CN(C(=O)c2ccoc2)CC12CCN(c1ccc(C#N)c(C(F)(F)F)c1)CC2. The molecule has 2 aromatic rings. The van der Waals surface area contributed by atoms with Crippen LogP contribution in [0.5, 0.6) is 0 Å². The molecule has 0 saturated carbocycles. The van der Waals surface area contributed by atoms with E-state index in [0.717, 1.165) is 6.07 Å². The maximum Gasteiger partial charge on any atom is 0.417 e. The first kappa shape index (κ1) is 23.7. The third-order valence-corrected chi connectivity index (χ3v) is 7.00. The first-order chi connectivity index (χ1) is 16.1. The maximum absolute atomic E-state index is 13.4. The van der Waals surface area contributed by atoms with Gasteiger partial charge in [-0.25, -0.2) is 0 Å². The number of hydrogen-bond acceptors (Lipinski definition) is 5. The summed E-state index contributed by atoms with van der Waals surface area (Å²) < 4.78 is 45.3. The van der Waals surface area contributed by atoms with E-state index in [9.17, 15) is 22.8 Å². The Morgan fingerprint density at radius 3 is 2.47 bits per heavy atom. The van der Waals surface area contributed by atoms with Gasteiger partial charge in [-0.3, -0.25) is 9.59 Å². The summed E-state index contributed by atoms with van der Waals surface area (Å²) in [7, 11) is 3.36. The van der Waals surface area contributed by atoms with Crippen LogP contribution in [0.3, 0.4) is 0 Å². The lowest BCUT2D eigenvalue weighted by Gasteiger charge is -2.43. The highest BCUT2D eigenvalue weighted by atomic mass is 19.4. The van der Waals surface area contributed by atoms with Gasteiger partial charge in [0.05, 0.1) is 34.9 Å². The Labute approximate surface area is 195 Å². The Morgan fingerprint density at radius 2 is 1.91 bits per heavy atom. The van der Waals surface area contributed by atoms with E-state index in [1.54, 1.807) is 31.1 Å². The van der Waals surface area contributed by atoms with Crippen molar-refractivity contribution in [3.05, 3.63) is 53.5 Å². The molecule has 0 aliphatic carbocycles. The van der Waals surface area contributed by atoms with Gasteiger partial charge in [-0.05, 0) is 37.1 Å². The molecule has 0 radical (unpaired) electrons. The molecule has 180 valence electrons. The number of likely N-dealkylation sites (tertiary alicyclic amines) is 1. The average molecular weight is 474 g/mol. The van der Waals surface area contributed by atoms with Crippen LogP contribution in [0.15, 0.2) is 41.2 Å². The van der Waals surface area contributed by atoms with Crippen LogP contribution in [-0.2, 0) is 11.0 Å². The molecular weight excluding hydrogens is 449 g/mol. The number of anilines is 1. The molecule has 4 rings (SSSR count). The van der Waals surface area contributed by atoms with Crippen molar-refractivity contribution < 1.29 is 27.2 Å². The molecule has 1 aromatic heterocycles. The summed E-state index contributed by atoms with van der Waals surface area (Å²) in [4.78, 5) is 31.0. The van der Waals surface area contributed by atoms with Crippen molar-refractivity contribution in [3.8, 4) is 6.07 Å². The number of piperidine rings is 1. The molecule has 2 fully saturated rings. The molecule has 2 aliphatic heterocycles. The minimum Gasteiger partial charge on any atom is -0.472 e. The summed E-state index contributed by atoms with van der Waals surface area (Å²) in [6, 6.07) is 6.93. The van der Waals surface area contributed by atoms with Gasteiger partial charge in [-0.2, -0.15) is 18.4 Å². The first-order valence-corrected chi connectivity index (χ1v) is 10.9. The zero-order valence-corrected chi connectivity index (χ0v) is 18.9. The molecule has 0 bridgehead atoms. The number of rotatable bonds is 3. The Morgan fingerprint density at radius 1 is 1.21 bits per heavy atom. The second-order valence-electron chi connectivity index (χ2n) is 9.17. The number of furan rings is 1. The van der Waals surface area contributed by atoms with E-state index >= 15 is 0 Å². The highest BCUT2D eigenvalue weighted by molar-refractivity contribution is 5.95. The summed E-state index contributed by atoms with van der Waals surface area (Å²) >= 11 is 0. The monoisotopic (exact) mass is 474 g/mol. The van der Waals surface area contributed by atoms with Crippen molar-refractivity contribution in [2.75, 3.05) is 45.2 Å². The molecule has 3 heterocycles. The van der Waals surface area contributed by atoms with Crippen molar-refractivity contribution in [2.24, 2.45) is 11.3 Å². The van der Waals surface area contributed by atoms with Gasteiger partial charge in [-0.1, -0.05) is 0 Å². The summed E-state index contributed by atoms with van der Waals surface area (Å²) in [5.41, 5.74) is -1.02. The van der Waals surface area contributed by atoms with E-state index in [-0.39, 0.29) is 18.4 Å². The van der Waals surface area contributed by atoms with E-state index < -0.39 is 28.6 Å². The summed E-state index contributed by atoms with van der Waals surface area (Å²) in [5.74, 6) is -0.660. The van der Waals surface area contributed by atoms with Crippen LogP contribution < -0.4 is 4.90 Å². The third kappa shape index (κ3) is 4.22. The lowest BCUT2D eigenvalue weighted by molar-refractivity contribution is -0.138. The van der Waals surface area contributed by atoms with E-state index in [1.807, 2.05) is 4.90 Å². The van der Waals surface area contributed by atoms with Gasteiger partial charge in [0.2, 0.25) is 5.91 Å².